The molecule has 0 aliphatic rings. The van der Waals surface area contributed by atoms with Crippen LogP contribution in [-0.2, 0) is 6.54 Å². The maximum Gasteiger partial charge on any atom is 0.165 e. The minimum Gasteiger partial charge on any atom is -0.363 e. The molecule has 0 saturated carbocycles. The summed E-state index contributed by atoms with van der Waals surface area (Å²) in [5, 5.41) is 2.64. The zero-order valence-corrected chi connectivity index (χ0v) is 8.75. The summed E-state index contributed by atoms with van der Waals surface area (Å²) in [7, 11) is 0. The summed E-state index contributed by atoms with van der Waals surface area (Å²) in [6.07, 6.45) is 1.42. The van der Waals surface area contributed by atoms with Gasteiger partial charge in [0.05, 0.1) is 0 Å². The van der Waals surface area contributed by atoms with Gasteiger partial charge in [-0.25, -0.2) is 18.2 Å². The van der Waals surface area contributed by atoms with Crippen LogP contribution in [-0.4, -0.2) is 4.98 Å². The molecule has 88 valence electrons. The van der Waals surface area contributed by atoms with Gasteiger partial charge in [0.25, 0.3) is 0 Å². The van der Waals surface area contributed by atoms with Crippen LogP contribution in [0.1, 0.15) is 5.56 Å². The molecule has 1 heterocycles. The number of anilines is 1. The van der Waals surface area contributed by atoms with Crippen LogP contribution in [0.15, 0.2) is 36.5 Å². The van der Waals surface area contributed by atoms with E-state index in [1.54, 1.807) is 0 Å². The first-order valence-corrected chi connectivity index (χ1v) is 4.95. The maximum atomic E-state index is 13.3. The Bertz CT molecular complexity index is 529. The number of hydrogen-bond acceptors (Lipinski definition) is 2. The standard InChI is InChI=1S/C12H9F3N2/c13-9-4-3-8(11(15)6-9)7-17-12-10(14)2-1-5-16-12/h1-6H,7H2,(H,16,17). The number of rotatable bonds is 3. The van der Waals surface area contributed by atoms with Crippen molar-refractivity contribution in [1.82, 2.24) is 4.98 Å². The summed E-state index contributed by atoms with van der Waals surface area (Å²) in [4.78, 5) is 3.76. The second-order valence-electron chi connectivity index (χ2n) is 3.42. The highest BCUT2D eigenvalue weighted by Crippen LogP contribution is 2.13. The van der Waals surface area contributed by atoms with Crippen LogP contribution < -0.4 is 5.32 Å². The Morgan fingerprint density at radius 1 is 1.06 bits per heavy atom. The number of nitrogens with one attached hydrogen (secondary N) is 1. The molecule has 0 bridgehead atoms. The van der Waals surface area contributed by atoms with Gasteiger partial charge in [0.2, 0.25) is 0 Å². The number of aromatic nitrogens is 1. The van der Waals surface area contributed by atoms with Crippen LogP contribution >= 0.6 is 0 Å². The minimum absolute atomic E-state index is 0.0382. The molecule has 0 saturated heterocycles. The Balaban J connectivity index is 2.10. The Morgan fingerprint density at radius 2 is 1.88 bits per heavy atom. The van der Waals surface area contributed by atoms with Gasteiger partial charge in [-0.15, -0.1) is 0 Å². The van der Waals surface area contributed by atoms with Gasteiger partial charge in [0, 0.05) is 24.4 Å². The molecular weight excluding hydrogens is 229 g/mol. The highest BCUT2D eigenvalue weighted by molar-refractivity contribution is 5.36. The quantitative estimate of drug-likeness (QED) is 0.888. The lowest BCUT2D eigenvalue weighted by Gasteiger charge is -2.07. The van der Waals surface area contributed by atoms with Gasteiger partial charge in [-0.3, -0.25) is 0 Å². The van der Waals surface area contributed by atoms with Crippen LogP contribution in [0.4, 0.5) is 19.0 Å². The van der Waals surface area contributed by atoms with Crippen molar-refractivity contribution in [3.63, 3.8) is 0 Å². The lowest BCUT2D eigenvalue weighted by molar-refractivity contribution is 0.573. The average Bonchev–Trinajstić information content (AvgIpc) is 2.30. The van der Waals surface area contributed by atoms with Crippen LogP contribution in [0.3, 0.4) is 0 Å². The van der Waals surface area contributed by atoms with Crippen molar-refractivity contribution in [1.29, 1.82) is 0 Å². The molecule has 2 nitrogen and oxygen atoms in total. The topological polar surface area (TPSA) is 24.9 Å². The van der Waals surface area contributed by atoms with Crippen LogP contribution in [0, 0.1) is 17.5 Å². The largest absolute Gasteiger partial charge is 0.363 e. The molecule has 1 aromatic carbocycles. The number of hydrogen-bond donors (Lipinski definition) is 1. The first kappa shape index (κ1) is 11.4. The van der Waals surface area contributed by atoms with Crippen molar-refractivity contribution in [3.05, 3.63) is 59.5 Å². The van der Waals surface area contributed by atoms with Crippen molar-refractivity contribution in [2.24, 2.45) is 0 Å². The summed E-state index contributed by atoms with van der Waals surface area (Å²) in [6.45, 7) is 0.0417. The highest BCUT2D eigenvalue weighted by atomic mass is 19.1. The summed E-state index contributed by atoms with van der Waals surface area (Å²) < 4.78 is 39.1. The summed E-state index contributed by atoms with van der Waals surface area (Å²) in [6, 6.07) is 5.94. The van der Waals surface area contributed by atoms with E-state index in [1.165, 1.54) is 24.4 Å². The van der Waals surface area contributed by atoms with E-state index < -0.39 is 17.5 Å². The van der Waals surface area contributed by atoms with Crippen molar-refractivity contribution >= 4 is 5.82 Å². The van der Waals surface area contributed by atoms with E-state index in [1.807, 2.05) is 0 Å². The second kappa shape index (κ2) is 4.86. The molecule has 0 atom stereocenters. The maximum absolute atomic E-state index is 13.3. The second-order valence-corrected chi connectivity index (χ2v) is 3.42. The summed E-state index contributed by atoms with van der Waals surface area (Å²) in [5.74, 6) is -1.80. The third-order valence-electron chi connectivity index (χ3n) is 2.22. The van der Waals surface area contributed by atoms with E-state index in [9.17, 15) is 13.2 Å². The van der Waals surface area contributed by atoms with Gasteiger partial charge in [-0.2, -0.15) is 0 Å². The van der Waals surface area contributed by atoms with Gasteiger partial charge in [0.15, 0.2) is 11.6 Å². The smallest absolute Gasteiger partial charge is 0.165 e. The molecule has 5 heteroatoms. The van der Waals surface area contributed by atoms with Gasteiger partial charge >= 0.3 is 0 Å². The van der Waals surface area contributed by atoms with E-state index >= 15 is 0 Å². The number of halogens is 3. The normalized spacial score (nSPS) is 10.3. The Morgan fingerprint density at radius 3 is 2.59 bits per heavy atom. The zero-order valence-electron chi connectivity index (χ0n) is 8.75. The lowest BCUT2D eigenvalue weighted by atomic mass is 10.2. The van der Waals surface area contributed by atoms with Gasteiger partial charge in [0.1, 0.15) is 11.6 Å². The molecule has 0 aliphatic heterocycles. The molecule has 1 N–H and O–H groups in total. The van der Waals surface area contributed by atoms with Gasteiger partial charge < -0.3 is 5.32 Å². The Hall–Kier alpha value is -2.04. The fourth-order valence-corrected chi connectivity index (χ4v) is 1.36. The number of pyridine rings is 1. The van der Waals surface area contributed by atoms with Crippen molar-refractivity contribution < 1.29 is 13.2 Å². The van der Waals surface area contributed by atoms with E-state index in [-0.39, 0.29) is 17.9 Å². The van der Waals surface area contributed by atoms with Crippen LogP contribution in [0.25, 0.3) is 0 Å². The summed E-state index contributed by atoms with van der Waals surface area (Å²) in [5.41, 5.74) is 0.247. The molecule has 2 rings (SSSR count). The zero-order chi connectivity index (χ0) is 12.3. The Labute approximate surface area is 96.1 Å². The molecule has 0 aliphatic carbocycles. The molecule has 1 aromatic heterocycles. The van der Waals surface area contributed by atoms with Crippen molar-refractivity contribution in [2.45, 2.75) is 6.54 Å². The van der Waals surface area contributed by atoms with Gasteiger partial charge in [-0.05, 0) is 18.2 Å². The monoisotopic (exact) mass is 238 g/mol. The molecular formula is C12H9F3N2. The Kier molecular flexibility index (Phi) is 3.27. The van der Waals surface area contributed by atoms with Gasteiger partial charge in [-0.1, -0.05) is 6.07 Å². The van der Waals surface area contributed by atoms with E-state index in [4.69, 9.17) is 0 Å². The first-order valence-electron chi connectivity index (χ1n) is 4.95. The predicted molar refractivity (Wildman–Crippen MR) is 57.9 cm³/mol. The van der Waals surface area contributed by atoms with Crippen LogP contribution in [0.5, 0.6) is 0 Å². The SMILES string of the molecule is Fc1ccc(CNc2ncccc2F)c(F)c1. The number of nitrogens with zero attached hydrogens (tertiary/aromatic N) is 1. The predicted octanol–water partition coefficient (Wildman–Crippen LogP) is 3.11. The molecule has 0 fully saturated rings. The highest BCUT2D eigenvalue weighted by Gasteiger charge is 2.05. The molecule has 17 heavy (non-hydrogen) atoms. The molecule has 0 unspecified atom stereocenters. The lowest BCUT2D eigenvalue weighted by Crippen LogP contribution is -2.05. The van der Waals surface area contributed by atoms with E-state index in [0.29, 0.717) is 0 Å². The van der Waals surface area contributed by atoms with E-state index in [0.717, 1.165) is 12.1 Å². The van der Waals surface area contributed by atoms with E-state index in [2.05, 4.69) is 10.3 Å². The number of benzene rings is 1. The third-order valence-corrected chi connectivity index (χ3v) is 2.22. The average molecular weight is 238 g/mol. The third kappa shape index (κ3) is 2.75. The van der Waals surface area contributed by atoms with Crippen molar-refractivity contribution in [3.8, 4) is 0 Å². The minimum atomic E-state index is -0.672. The molecule has 2 aromatic rings. The van der Waals surface area contributed by atoms with Crippen LogP contribution in [0.2, 0.25) is 0 Å². The molecule has 0 spiro atoms. The fraction of sp³-hybridized carbons (Fsp3) is 0.0833. The molecule has 0 amide bonds. The summed E-state index contributed by atoms with van der Waals surface area (Å²) >= 11 is 0. The van der Waals surface area contributed by atoms with Crippen molar-refractivity contribution in [2.75, 3.05) is 5.32 Å². The fourth-order valence-electron chi connectivity index (χ4n) is 1.36. The first-order chi connectivity index (χ1) is 8.16. The molecule has 0 radical (unpaired) electrons.